The van der Waals surface area contributed by atoms with Gasteiger partial charge in [0, 0.05) is 35.3 Å². The summed E-state index contributed by atoms with van der Waals surface area (Å²) >= 11 is 3.31. The number of non-ortho nitro benzene ring substituents is 1. The SMILES string of the molecule is O=C(COc1ccc(Br)cc1)NCCNC(=O)c1nc(-c2cccc([N+](=O)[O-])c2)no1. The molecule has 0 aliphatic heterocycles. The number of carbonyl (C=O) groups excluding carboxylic acids is 2. The number of nitro groups is 1. The zero-order chi connectivity index (χ0) is 22.2. The van der Waals surface area contributed by atoms with Crippen molar-refractivity contribution in [2.75, 3.05) is 19.7 Å². The van der Waals surface area contributed by atoms with Crippen LogP contribution >= 0.6 is 15.9 Å². The van der Waals surface area contributed by atoms with Crippen molar-refractivity contribution in [3.63, 3.8) is 0 Å². The molecule has 0 radical (unpaired) electrons. The predicted molar refractivity (Wildman–Crippen MR) is 111 cm³/mol. The first-order valence-corrected chi connectivity index (χ1v) is 9.73. The van der Waals surface area contributed by atoms with Crippen LogP contribution in [0.2, 0.25) is 0 Å². The van der Waals surface area contributed by atoms with Crippen molar-refractivity contribution in [3.05, 3.63) is 69.0 Å². The summed E-state index contributed by atoms with van der Waals surface area (Å²) < 4.78 is 11.1. The highest BCUT2D eigenvalue weighted by Gasteiger charge is 2.17. The van der Waals surface area contributed by atoms with Gasteiger partial charge >= 0.3 is 11.8 Å². The second-order valence-electron chi connectivity index (χ2n) is 6.08. The van der Waals surface area contributed by atoms with Crippen LogP contribution in [0.1, 0.15) is 10.7 Å². The fraction of sp³-hybridized carbons (Fsp3) is 0.158. The molecule has 0 unspecified atom stereocenters. The number of nitrogens with one attached hydrogen (secondary N) is 2. The summed E-state index contributed by atoms with van der Waals surface area (Å²) in [6, 6.07) is 12.7. The maximum atomic E-state index is 12.1. The van der Waals surface area contributed by atoms with Gasteiger partial charge in [-0.2, -0.15) is 4.98 Å². The highest BCUT2D eigenvalue weighted by molar-refractivity contribution is 9.10. The molecule has 0 saturated heterocycles. The molecule has 12 heteroatoms. The van der Waals surface area contributed by atoms with E-state index in [1.807, 2.05) is 0 Å². The van der Waals surface area contributed by atoms with Crippen molar-refractivity contribution < 1.29 is 23.8 Å². The zero-order valence-corrected chi connectivity index (χ0v) is 17.5. The van der Waals surface area contributed by atoms with Gasteiger partial charge in [-0.25, -0.2) is 0 Å². The molecule has 160 valence electrons. The quantitative estimate of drug-likeness (QED) is 0.264. The number of hydrogen-bond donors (Lipinski definition) is 2. The minimum absolute atomic E-state index is 0.0484. The van der Waals surface area contributed by atoms with E-state index in [1.54, 1.807) is 30.3 Å². The maximum Gasteiger partial charge on any atom is 0.316 e. The lowest BCUT2D eigenvalue weighted by atomic mass is 10.2. The van der Waals surface area contributed by atoms with Crippen LogP contribution in [0.5, 0.6) is 5.75 Å². The number of benzene rings is 2. The van der Waals surface area contributed by atoms with E-state index in [2.05, 4.69) is 36.7 Å². The molecule has 2 amide bonds. The Bertz CT molecular complexity index is 1090. The van der Waals surface area contributed by atoms with Gasteiger partial charge in [0.2, 0.25) is 5.82 Å². The molecule has 0 saturated carbocycles. The van der Waals surface area contributed by atoms with Gasteiger partial charge in [-0.05, 0) is 24.3 Å². The summed E-state index contributed by atoms with van der Waals surface area (Å²) in [6.45, 7) is 0.128. The third-order valence-electron chi connectivity index (χ3n) is 3.85. The number of carbonyl (C=O) groups is 2. The predicted octanol–water partition coefficient (Wildman–Crippen LogP) is 2.33. The van der Waals surface area contributed by atoms with Crippen LogP contribution in [0.25, 0.3) is 11.4 Å². The molecule has 0 aliphatic rings. The Kier molecular flexibility index (Phi) is 7.27. The molecular weight excluding hydrogens is 474 g/mol. The molecule has 1 aromatic heterocycles. The van der Waals surface area contributed by atoms with E-state index in [0.29, 0.717) is 11.3 Å². The molecule has 3 rings (SSSR count). The van der Waals surface area contributed by atoms with Crippen molar-refractivity contribution in [1.29, 1.82) is 0 Å². The van der Waals surface area contributed by atoms with Crippen molar-refractivity contribution in [2.24, 2.45) is 0 Å². The molecule has 31 heavy (non-hydrogen) atoms. The van der Waals surface area contributed by atoms with Gasteiger partial charge in [-0.15, -0.1) is 0 Å². The third kappa shape index (κ3) is 6.34. The first kappa shape index (κ1) is 21.9. The average Bonchev–Trinajstić information content (AvgIpc) is 3.27. The van der Waals surface area contributed by atoms with Gasteiger partial charge in [0.05, 0.1) is 4.92 Å². The zero-order valence-electron chi connectivity index (χ0n) is 15.9. The highest BCUT2D eigenvalue weighted by atomic mass is 79.9. The van der Waals surface area contributed by atoms with Crippen LogP contribution in [0, 0.1) is 10.1 Å². The number of ether oxygens (including phenoxy) is 1. The van der Waals surface area contributed by atoms with E-state index >= 15 is 0 Å². The minimum atomic E-state index is -0.635. The van der Waals surface area contributed by atoms with Crippen molar-refractivity contribution >= 4 is 33.4 Å². The largest absolute Gasteiger partial charge is 0.484 e. The number of halogens is 1. The summed E-state index contributed by atoms with van der Waals surface area (Å²) in [5, 5.41) is 19.6. The van der Waals surface area contributed by atoms with E-state index in [4.69, 9.17) is 9.26 Å². The van der Waals surface area contributed by atoms with Crippen molar-refractivity contribution in [2.45, 2.75) is 0 Å². The molecule has 0 spiro atoms. The summed E-state index contributed by atoms with van der Waals surface area (Å²) in [6.07, 6.45) is 0. The van der Waals surface area contributed by atoms with E-state index in [-0.39, 0.29) is 43.0 Å². The lowest BCUT2D eigenvalue weighted by Crippen LogP contribution is -2.36. The number of nitrogens with zero attached hydrogens (tertiary/aromatic N) is 3. The molecular formula is C19H16BrN5O6. The standard InChI is InChI=1S/C19H16BrN5O6/c20-13-4-6-15(7-5-13)30-11-16(26)21-8-9-22-18(27)19-23-17(24-31-19)12-2-1-3-14(10-12)25(28)29/h1-7,10H,8-9,11H2,(H,21,26)(H,22,27). The fourth-order valence-electron chi connectivity index (χ4n) is 2.38. The first-order valence-electron chi connectivity index (χ1n) is 8.94. The van der Waals surface area contributed by atoms with Crippen LogP contribution in [0.15, 0.2) is 57.5 Å². The van der Waals surface area contributed by atoms with E-state index in [1.165, 1.54) is 18.2 Å². The Morgan fingerprint density at radius 1 is 1.13 bits per heavy atom. The first-order chi connectivity index (χ1) is 14.9. The molecule has 0 aliphatic carbocycles. The summed E-state index contributed by atoms with van der Waals surface area (Å²) in [7, 11) is 0. The van der Waals surface area contributed by atoms with Gasteiger partial charge in [0.1, 0.15) is 5.75 Å². The van der Waals surface area contributed by atoms with E-state index in [0.717, 1.165) is 4.47 Å². The van der Waals surface area contributed by atoms with Gasteiger partial charge in [0.15, 0.2) is 6.61 Å². The number of amides is 2. The Hall–Kier alpha value is -3.80. The van der Waals surface area contributed by atoms with Gasteiger partial charge in [-0.3, -0.25) is 19.7 Å². The van der Waals surface area contributed by atoms with Crippen molar-refractivity contribution in [1.82, 2.24) is 20.8 Å². The molecule has 3 aromatic rings. The summed E-state index contributed by atoms with van der Waals surface area (Å²) in [5.74, 6) is -0.672. The topological polar surface area (TPSA) is 149 Å². The molecule has 0 bridgehead atoms. The average molecular weight is 490 g/mol. The van der Waals surface area contributed by atoms with Gasteiger partial charge < -0.3 is 19.9 Å². The second kappa shape index (κ2) is 10.3. The second-order valence-corrected chi connectivity index (χ2v) is 6.99. The lowest BCUT2D eigenvalue weighted by molar-refractivity contribution is -0.384. The Morgan fingerprint density at radius 3 is 2.61 bits per heavy atom. The van der Waals surface area contributed by atoms with Gasteiger partial charge in [-0.1, -0.05) is 33.2 Å². The third-order valence-corrected chi connectivity index (χ3v) is 4.38. The summed E-state index contributed by atoms with van der Waals surface area (Å²) in [4.78, 5) is 38.1. The van der Waals surface area contributed by atoms with Crippen LogP contribution in [0.4, 0.5) is 5.69 Å². The Morgan fingerprint density at radius 2 is 1.87 bits per heavy atom. The molecule has 0 atom stereocenters. The smallest absolute Gasteiger partial charge is 0.316 e. The minimum Gasteiger partial charge on any atom is -0.484 e. The Labute approximate surface area is 184 Å². The van der Waals surface area contributed by atoms with E-state index < -0.39 is 10.8 Å². The maximum absolute atomic E-state index is 12.1. The Balaban J connectivity index is 1.42. The van der Waals surface area contributed by atoms with Crippen LogP contribution in [-0.2, 0) is 4.79 Å². The number of hydrogen-bond acceptors (Lipinski definition) is 8. The number of rotatable bonds is 9. The van der Waals surface area contributed by atoms with E-state index in [9.17, 15) is 19.7 Å². The van der Waals surface area contributed by atoms with Crippen LogP contribution in [0.3, 0.4) is 0 Å². The van der Waals surface area contributed by atoms with Crippen LogP contribution in [-0.4, -0.2) is 46.6 Å². The molecule has 11 nitrogen and oxygen atoms in total. The fourth-order valence-corrected chi connectivity index (χ4v) is 2.64. The lowest BCUT2D eigenvalue weighted by Gasteiger charge is -2.07. The van der Waals surface area contributed by atoms with Crippen molar-refractivity contribution in [3.8, 4) is 17.1 Å². The summed E-state index contributed by atoms with van der Waals surface area (Å²) in [5.41, 5.74) is 0.211. The normalized spacial score (nSPS) is 10.4. The highest BCUT2D eigenvalue weighted by Crippen LogP contribution is 2.21. The van der Waals surface area contributed by atoms with Crippen LogP contribution < -0.4 is 15.4 Å². The molecule has 1 heterocycles. The number of nitro benzene ring substituents is 1. The number of aromatic nitrogens is 2. The molecule has 0 fully saturated rings. The molecule has 2 aromatic carbocycles. The van der Waals surface area contributed by atoms with Gasteiger partial charge in [0.25, 0.3) is 11.6 Å². The molecule has 2 N–H and O–H groups in total. The monoisotopic (exact) mass is 489 g/mol.